The van der Waals surface area contributed by atoms with Crippen molar-refractivity contribution in [2.45, 2.75) is 25.9 Å². The molecule has 168 valence electrons. The number of aromatic nitrogens is 3. The topological polar surface area (TPSA) is 94.1 Å². The van der Waals surface area contributed by atoms with Gasteiger partial charge in [0.05, 0.1) is 40.3 Å². The van der Waals surface area contributed by atoms with E-state index >= 15 is 0 Å². The Morgan fingerprint density at radius 3 is 2.76 bits per heavy atom. The number of nitrogens with zero attached hydrogens (tertiary/aromatic N) is 3. The van der Waals surface area contributed by atoms with E-state index in [1.165, 1.54) is 6.20 Å². The summed E-state index contributed by atoms with van der Waals surface area (Å²) >= 11 is 0. The number of nitrogens with one attached hydrogen (secondary N) is 2. The Hall–Kier alpha value is -3.78. The van der Waals surface area contributed by atoms with Gasteiger partial charge in [0.1, 0.15) is 11.6 Å². The maximum absolute atomic E-state index is 14.8. The molecule has 0 spiro atoms. The lowest BCUT2D eigenvalue weighted by Gasteiger charge is -2.31. The minimum Gasteiger partial charge on any atom is -0.393 e. The number of fused-ring (bicyclic) bond motifs is 1. The standard InChI is InChI=1S/C25H24FN5O2/c1-15-3-2-4-18(24(15)26)20-13-21(23-19(29-20)7-10-27-25(23)33)30-22-6-5-16(14-28-22)31-11-8-17(32)9-12-31/h2-7,10,13-14,17,32H,8-9,11-12H2,1H3,(H,27,33)(H,28,29,30). The van der Waals surface area contributed by atoms with Crippen molar-refractivity contribution >= 4 is 28.1 Å². The number of H-pyrrole nitrogens is 1. The molecule has 1 aromatic carbocycles. The predicted molar refractivity (Wildman–Crippen MR) is 127 cm³/mol. The van der Waals surface area contributed by atoms with Crippen molar-refractivity contribution in [1.82, 2.24) is 15.0 Å². The molecular formula is C25H24FN5O2. The number of halogens is 1. The largest absolute Gasteiger partial charge is 0.393 e. The van der Waals surface area contributed by atoms with Gasteiger partial charge in [0.2, 0.25) is 0 Å². The van der Waals surface area contributed by atoms with E-state index < -0.39 is 0 Å². The summed E-state index contributed by atoms with van der Waals surface area (Å²) in [4.78, 5) is 26.5. The molecule has 0 bridgehead atoms. The Bertz CT molecular complexity index is 1360. The number of aromatic amines is 1. The zero-order chi connectivity index (χ0) is 22.9. The van der Waals surface area contributed by atoms with Gasteiger partial charge >= 0.3 is 0 Å². The molecule has 0 amide bonds. The number of anilines is 3. The van der Waals surface area contributed by atoms with E-state index in [-0.39, 0.29) is 17.5 Å². The second kappa shape index (κ2) is 8.63. The normalized spacial score (nSPS) is 14.6. The van der Waals surface area contributed by atoms with Crippen LogP contribution in [0.1, 0.15) is 18.4 Å². The number of aliphatic hydroxyl groups is 1. The number of hydrogen-bond donors (Lipinski definition) is 3. The number of hydrogen-bond acceptors (Lipinski definition) is 6. The van der Waals surface area contributed by atoms with Crippen molar-refractivity contribution in [3.05, 3.63) is 76.6 Å². The SMILES string of the molecule is Cc1cccc(-c2cc(Nc3ccc(N4CCC(O)CC4)cn3)c3c(=O)[nH]ccc3n2)c1F. The summed E-state index contributed by atoms with van der Waals surface area (Å²) in [6.45, 7) is 3.27. The molecule has 3 aromatic heterocycles. The van der Waals surface area contributed by atoms with Crippen molar-refractivity contribution < 1.29 is 9.50 Å². The van der Waals surface area contributed by atoms with E-state index in [9.17, 15) is 14.3 Å². The van der Waals surface area contributed by atoms with Crippen molar-refractivity contribution in [3.8, 4) is 11.3 Å². The Kier molecular flexibility index (Phi) is 5.51. The van der Waals surface area contributed by atoms with E-state index in [1.807, 2.05) is 12.1 Å². The maximum Gasteiger partial charge on any atom is 0.259 e. The summed E-state index contributed by atoms with van der Waals surface area (Å²) < 4.78 is 14.8. The third-order valence-electron chi connectivity index (χ3n) is 6.04. The van der Waals surface area contributed by atoms with E-state index in [0.717, 1.165) is 31.6 Å². The summed E-state index contributed by atoms with van der Waals surface area (Å²) in [6.07, 6.45) is 4.55. The highest BCUT2D eigenvalue weighted by Gasteiger charge is 2.18. The number of piperidine rings is 1. The molecule has 0 saturated carbocycles. The molecule has 0 atom stereocenters. The zero-order valence-electron chi connectivity index (χ0n) is 18.2. The van der Waals surface area contributed by atoms with Crippen LogP contribution in [0.15, 0.2) is 59.7 Å². The highest BCUT2D eigenvalue weighted by atomic mass is 19.1. The van der Waals surface area contributed by atoms with Crippen molar-refractivity contribution in [2.24, 2.45) is 0 Å². The molecule has 1 saturated heterocycles. The van der Waals surface area contributed by atoms with Crippen LogP contribution in [0, 0.1) is 12.7 Å². The van der Waals surface area contributed by atoms with Gasteiger partial charge in [-0.1, -0.05) is 12.1 Å². The number of benzene rings is 1. The first kappa shape index (κ1) is 21.1. The Balaban J connectivity index is 1.52. The van der Waals surface area contributed by atoms with E-state index in [4.69, 9.17) is 0 Å². The van der Waals surface area contributed by atoms with E-state index in [0.29, 0.717) is 39.2 Å². The van der Waals surface area contributed by atoms with E-state index in [1.54, 1.807) is 43.5 Å². The summed E-state index contributed by atoms with van der Waals surface area (Å²) in [5.41, 5.74) is 2.98. The molecular weight excluding hydrogens is 421 g/mol. The van der Waals surface area contributed by atoms with Crippen LogP contribution in [-0.4, -0.2) is 39.3 Å². The molecule has 7 nitrogen and oxygen atoms in total. The van der Waals surface area contributed by atoms with Gasteiger partial charge in [-0.05, 0) is 55.7 Å². The van der Waals surface area contributed by atoms with Gasteiger partial charge in [-0.25, -0.2) is 14.4 Å². The first-order chi connectivity index (χ1) is 16.0. The maximum atomic E-state index is 14.8. The molecule has 0 aliphatic carbocycles. The average Bonchev–Trinajstić information content (AvgIpc) is 2.82. The molecule has 1 fully saturated rings. The van der Waals surface area contributed by atoms with Crippen molar-refractivity contribution in [2.75, 3.05) is 23.3 Å². The second-order valence-corrected chi connectivity index (χ2v) is 8.30. The molecule has 4 heterocycles. The fourth-order valence-electron chi connectivity index (χ4n) is 4.18. The van der Waals surface area contributed by atoms with Gasteiger partial charge in [0.25, 0.3) is 5.56 Å². The molecule has 3 N–H and O–H groups in total. The molecule has 33 heavy (non-hydrogen) atoms. The summed E-state index contributed by atoms with van der Waals surface area (Å²) in [5.74, 6) is 0.219. The van der Waals surface area contributed by atoms with Gasteiger partial charge < -0.3 is 20.3 Å². The third kappa shape index (κ3) is 4.17. The molecule has 0 unspecified atom stereocenters. The first-order valence-corrected chi connectivity index (χ1v) is 10.9. The Morgan fingerprint density at radius 1 is 1.18 bits per heavy atom. The third-order valence-corrected chi connectivity index (χ3v) is 6.04. The fraction of sp³-hybridized carbons (Fsp3) is 0.240. The van der Waals surface area contributed by atoms with Gasteiger partial charge in [-0.3, -0.25) is 4.79 Å². The zero-order valence-corrected chi connectivity index (χ0v) is 18.2. The van der Waals surface area contributed by atoms with Gasteiger partial charge in [-0.15, -0.1) is 0 Å². The van der Waals surface area contributed by atoms with Crippen LogP contribution in [0.2, 0.25) is 0 Å². The molecule has 1 aliphatic rings. The van der Waals surface area contributed by atoms with Crippen LogP contribution in [0.3, 0.4) is 0 Å². The van der Waals surface area contributed by atoms with Crippen LogP contribution < -0.4 is 15.8 Å². The lowest BCUT2D eigenvalue weighted by molar-refractivity contribution is 0.145. The van der Waals surface area contributed by atoms with Crippen LogP contribution in [0.5, 0.6) is 0 Å². The number of aryl methyl sites for hydroxylation is 1. The molecule has 1 aliphatic heterocycles. The molecule has 4 aromatic rings. The highest BCUT2D eigenvalue weighted by Crippen LogP contribution is 2.31. The molecule has 5 rings (SSSR count). The summed E-state index contributed by atoms with van der Waals surface area (Å²) in [6, 6.07) is 12.3. The minimum atomic E-state index is -0.339. The Labute approximate surface area is 190 Å². The van der Waals surface area contributed by atoms with Gasteiger partial charge in [-0.2, -0.15) is 0 Å². The fourth-order valence-corrected chi connectivity index (χ4v) is 4.18. The molecule has 8 heteroatoms. The minimum absolute atomic E-state index is 0.236. The van der Waals surface area contributed by atoms with Gasteiger partial charge in [0, 0.05) is 24.8 Å². The van der Waals surface area contributed by atoms with Crippen LogP contribution >= 0.6 is 0 Å². The lowest BCUT2D eigenvalue weighted by atomic mass is 10.1. The highest BCUT2D eigenvalue weighted by molar-refractivity contribution is 5.94. The number of rotatable bonds is 4. The smallest absolute Gasteiger partial charge is 0.259 e. The van der Waals surface area contributed by atoms with Crippen LogP contribution in [-0.2, 0) is 0 Å². The quantitative estimate of drug-likeness (QED) is 0.437. The second-order valence-electron chi connectivity index (χ2n) is 8.30. The predicted octanol–water partition coefficient (Wildman–Crippen LogP) is 4.14. The molecule has 0 radical (unpaired) electrons. The van der Waals surface area contributed by atoms with E-state index in [2.05, 4.69) is 25.2 Å². The number of pyridine rings is 3. The van der Waals surface area contributed by atoms with Crippen LogP contribution in [0.25, 0.3) is 22.2 Å². The monoisotopic (exact) mass is 445 g/mol. The summed E-state index contributed by atoms with van der Waals surface area (Å²) in [5, 5.41) is 13.3. The summed E-state index contributed by atoms with van der Waals surface area (Å²) in [7, 11) is 0. The van der Waals surface area contributed by atoms with Gasteiger partial charge in [0.15, 0.2) is 0 Å². The van der Waals surface area contributed by atoms with Crippen molar-refractivity contribution in [3.63, 3.8) is 0 Å². The average molecular weight is 445 g/mol. The Morgan fingerprint density at radius 2 is 2.00 bits per heavy atom. The first-order valence-electron chi connectivity index (χ1n) is 10.9. The number of aliphatic hydroxyl groups excluding tert-OH is 1. The van der Waals surface area contributed by atoms with Crippen LogP contribution in [0.4, 0.5) is 21.6 Å². The van der Waals surface area contributed by atoms with Crippen molar-refractivity contribution in [1.29, 1.82) is 0 Å². The lowest BCUT2D eigenvalue weighted by Crippen LogP contribution is -2.35.